The molecule has 1 aromatic carbocycles. The van der Waals surface area contributed by atoms with Crippen molar-refractivity contribution in [1.29, 1.82) is 0 Å². The van der Waals surface area contributed by atoms with Gasteiger partial charge in [0.2, 0.25) is 0 Å². The number of aromatic amines is 2. The standard InChI is InChI=1S/C13H12N4O2/c1-19-10-3-2-8-4-12(17-11(8)5-10)13(18)16-9-6-14-15-7-9/h2-7,17H,1H3,(H,14,15)(H,16,18). The Hall–Kier alpha value is -2.76. The molecule has 6 heteroatoms. The molecule has 0 atom stereocenters. The Labute approximate surface area is 108 Å². The van der Waals surface area contributed by atoms with Crippen LogP contribution in [0.5, 0.6) is 5.75 Å². The number of ether oxygens (including phenoxy) is 1. The van der Waals surface area contributed by atoms with E-state index >= 15 is 0 Å². The van der Waals surface area contributed by atoms with E-state index in [9.17, 15) is 4.79 Å². The molecular formula is C13H12N4O2. The summed E-state index contributed by atoms with van der Waals surface area (Å²) in [4.78, 5) is 15.1. The predicted molar refractivity (Wildman–Crippen MR) is 71.4 cm³/mol. The average Bonchev–Trinajstić information content (AvgIpc) is 3.05. The van der Waals surface area contributed by atoms with Crippen molar-refractivity contribution in [2.24, 2.45) is 0 Å². The van der Waals surface area contributed by atoms with Gasteiger partial charge in [-0.25, -0.2) is 0 Å². The molecular weight excluding hydrogens is 244 g/mol. The highest BCUT2D eigenvalue weighted by atomic mass is 16.5. The third kappa shape index (κ3) is 2.15. The van der Waals surface area contributed by atoms with Crippen LogP contribution in [0.4, 0.5) is 5.69 Å². The molecule has 0 fully saturated rings. The Balaban J connectivity index is 1.90. The minimum atomic E-state index is -0.212. The number of H-pyrrole nitrogens is 2. The normalized spacial score (nSPS) is 10.6. The molecule has 6 nitrogen and oxygen atoms in total. The van der Waals surface area contributed by atoms with E-state index in [1.54, 1.807) is 25.6 Å². The highest BCUT2D eigenvalue weighted by Gasteiger charge is 2.10. The van der Waals surface area contributed by atoms with Gasteiger partial charge in [0.25, 0.3) is 5.91 Å². The molecule has 2 aromatic heterocycles. The van der Waals surface area contributed by atoms with Crippen LogP contribution in [-0.4, -0.2) is 28.2 Å². The first-order valence-electron chi connectivity index (χ1n) is 5.73. The Bertz CT molecular complexity index is 715. The summed E-state index contributed by atoms with van der Waals surface area (Å²) in [7, 11) is 1.61. The minimum Gasteiger partial charge on any atom is -0.497 e. The number of benzene rings is 1. The Morgan fingerprint density at radius 3 is 3.00 bits per heavy atom. The van der Waals surface area contributed by atoms with Crippen LogP contribution in [0.15, 0.2) is 36.7 Å². The van der Waals surface area contributed by atoms with E-state index in [2.05, 4.69) is 20.5 Å². The summed E-state index contributed by atoms with van der Waals surface area (Å²) in [5.41, 5.74) is 1.97. The number of nitrogens with one attached hydrogen (secondary N) is 3. The minimum absolute atomic E-state index is 0.212. The van der Waals surface area contributed by atoms with Crippen LogP contribution in [0.1, 0.15) is 10.5 Å². The number of hydrogen-bond acceptors (Lipinski definition) is 3. The van der Waals surface area contributed by atoms with Gasteiger partial charge in [0, 0.05) is 23.2 Å². The second kappa shape index (κ2) is 4.49. The average molecular weight is 256 g/mol. The topological polar surface area (TPSA) is 82.8 Å². The highest BCUT2D eigenvalue weighted by molar-refractivity contribution is 6.05. The number of methoxy groups -OCH3 is 1. The molecule has 3 aromatic rings. The number of hydrogen-bond donors (Lipinski definition) is 3. The van der Waals surface area contributed by atoms with Crippen LogP contribution < -0.4 is 10.1 Å². The first-order valence-corrected chi connectivity index (χ1v) is 5.73. The molecule has 0 saturated heterocycles. The fourth-order valence-electron chi connectivity index (χ4n) is 1.87. The SMILES string of the molecule is COc1ccc2cc(C(=O)Nc3cn[nH]c3)[nH]c2c1. The molecule has 0 radical (unpaired) electrons. The lowest BCUT2D eigenvalue weighted by Gasteiger charge is -1.98. The summed E-state index contributed by atoms with van der Waals surface area (Å²) in [6, 6.07) is 7.40. The molecule has 0 unspecified atom stereocenters. The van der Waals surface area contributed by atoms with Gasteiger partial charge < -0.3 is 15.0 Å². The molecule has 3 N–H and O–H groups in total. The van der Waals surface area contributed by atoms with Crippen molar-refractivity contribution >= 4 is 22.5 Å². The lowest BCUT2D eigenvalue weighted by Crippen LogP contribution is -2.11. The van der Waals surface area contributed by atoms with Crippen LogP contribution in [0, 0.1) is 0 Å². The molecule has 2 heterocycles. The van der Waals surface area contributed by atoms with Crippen molar-refractivity contribution in [3.63, 3.8) is 0 Å². The van der Waals surface area contributed by atoms with Crippen LogP contribution in [0.3, 0.4) is 0 Å². The summed E-state index contributed by atoms with van der Waals surface area (Å²) in [6.45, 7) is 0. The predicted octanol–water partition coefficient (Wildman–Crippen LogP) is 2.15. The monoisotopic (exact) mass is 256 g/mol. The smallest absolute Gasteiger partial charge is 0.272 e. The van der Waals surface area contributed by atoms with Crippen LogP contribution in [0.2, 0.25) is 0 Å². The van der Waals surface area contributed by atoms with Crippen molar-refractivity contribution in [3.05, 3.63) is 42.4 Å². The Morgan fingerprint density at radius 2 is 2.26 bits per heavy atom. The van der Waals surface area contributed by atoms with Gasteiger partial charge in [-0.05, 0) is 18.2 Å². The lowest BCUT2D eigenvalue weighted by atomic mass is 10.2. The number of fused-ring (bicyclic) bond motifs is 1. The highest BCUT2D eigenvalue weighted by Crippen LogP contribution is 2.21. The fourth-order valence-corrected chi connectivity index (χ4v) is 1.87. The van der Waals surface area contributed by atoms with Gasteiger partial charge >= 0.3 is 0 Å². The van der Waals surface area contributed by atoms with E-state index in [1.807, 2.05) is 18.2 Å². The van der Waals surface area contributed by atoms with Crippen molar-refractivity contribution in [2.75, 3.05) is 12.4 Å². The van der Waals surface area contributed by atoms with E-state index < -0.39 is 0 Å². The molecule has 0 aliphatic heterocycles. The van der Waals surface area contributed by atoms with Gasteiger partial charge in [0.05, 0.1) is 19.0 Å². The number of nitrogens with zero attached hydrogens (tertiary/aromatic N) is 1. The zero-order valence-corrected chi connectivity index (χ0v) is 10.2. The maximum atomic E-state index is 12.0. The Kier molecular flexibility index (Phi) is 2.68. The number of aromatic nitrogens is 3. The quantitative estimate of drug-likeness (QED) is 0.671. The van der Waals surface area contributed by atoms with Gasteiger partial charge in [0.15, 0.2) is 0 Å². The molecule has 0 bridgehead atoms. The number of carbonyl (C=O) groups is 1. The summed E-state index contributed by atoms with van der Waals surface area (Å²) in [6.07, 6.45) is 3.16. The van der Waals surface area contributed by atoms with E-state index in [4.69, 9.17) is 4.74 Å². The number of rotatable bonds is 3. The number of carbonyl (C=O) groups excluding carboxylic acids is 1. The van der Waals surface area contributed by atoms with Crippen LogP contribution in [0.25, 0.3) is 10.9 Å². The molecule has 0 aliphatic rings. The molecule has 3 rings (SSSR count). The third-order valence-corrected chi connectivity index (χ3v) is 2.83. The third-order valence-electron chi connectivity index (χ3n) is 2.83. The van der Waals surface area contributed by atoms with Crippen molar-refractivity contribution in [1.82, 2.24) is 15.2 Å². The fraction of sp³-hybridized carbons (Fsp3) is 0.0769. The summed E-state index contributed by atoms with van der Waals surface area (Å²) < 4.78 is 5.14. The largest absolute Gasteiger partial charge is 0.497 e. The first-order chi connectivity index (χ1) is 9.26. The van der Waals surface area contributed by atoms with Crippen LogP contribution in [-0.2, 0) is 0 Å². The summed E-state index contributed by atoms with van der Waals surface area (Å²) >= 11 is 0. The zero-order chi connectivity index (χ0) is 13.2. The van der Waals surface area contributed by atoms with Gasteiger partial charge in [-0.3, -0.25) is 9.89 Å². The second-order valence-corrected chi connectivity index (χ2v) is 4.08. The van der Waals surface area contributed by atoms with Crippen molar-refractivity contribution < 1.29 is 9.53 Å². The molecule has 96 valence electrons. The molecule has 1 amide bonds. The maximum Gasteiger partial charge on any atom is 0.272 e. The number of anilines is 1. The van der Waals surface area contributed by atoms with Crippen molar-refractivity contribution in [3.8, 4) is 5.75 Å². The molecule has 0 saturated carbocycles. The molecule has 0 aliphatic carbocycles. The molecule has 0 spiro atoms. The molecule has 19 heavy (non-hydrogen) atoms. The number of amides is 1. The van der Waals surface area contributed by atoms with Gasteiger partial charge in [-0.1, -0.05) is 0 Å². The Morgan fingerprint density at radius 1 is 1.37 bits per heavy atom. The van der Waals surface area contributed by atoms with Crippen molar-refractivity contribution in [2.45, 2.75) is 0 Å². The van der Waals surface area contributed by atoms with E-state index in [0.717, 1.165) is 16.7 Å². The summed E-state index contributed by atoms with van der Waals surface area (Å²) in [5, 5.41) is 10.1. The lowest BCUT2D eigenvalue weighted by molar-refractivity contribution is 0.102. The van der Waals surface area contributed by atoms with E-state index in [-0.39, 0.29) is 5.91 Å². The van der Waals surface area contributed by atoms with Crippen LogP contribution >= 0.6 is 0 Å². The first kappa shape index (κ1) is 11.3. The van der Waals surface area contributed by atoms with E-state index in [1.165, 1.54) is 0 Å². The van der Waals surface area contributed by atoms with Gasteiger partial charge in [0.1, 0.15) is 11.4 Å². The maximum absolute atomic E-state index is 12.0. The van der Waals surface area contributed by atoms with E-state index in [0.29, 0.717) is 11.4 Å². The van der Waals surface area contributed by atoms with Gasteiger partial charge in [-0.2, -0.15) is 5.10 Å². The van der Waals surface area contributed by atoms with Gasteiger partial charge in [-0.15, -0.1) is 0 Å². The zero-order valence-electron chi connectivity index (χ0n) is 10.2. The summed E-state index contributed by atoms with van der Waals surface area (Å²) in [5.74, 6) is 0.535. The second-order valence-electron chi connectivity index (χ2n) is 4.08.